The first kappa shape index (κ1) is 26.2. The molecule has 2 aliphatic rings. The van der Waals surface area contributed by atoms with Crippen LogP contribution < -0.4 is 10.6 Å². The third-order valence-electron chi connectivity index (χ3n) is 5.96. The van der Waals surface area contributed by atoms with E-state index in [1.165, 1.54) is 11.1 Å². The molecule has 0 radical (unpaired) electrons. The molecule has 3 atom stereocenters. The summed E-state index contributed by atoms with van der Waals surface area (Å²) in [7, 11) is 0. The predicted molar refractivity (Wildman–Crippen MR) is 128 cm³/mol. The van der Waals surface area contributed by atoms with Crippen molar-refractivity contribution in [3.63, 3.8) is 0 Å². The highest BCUT2D eigenvalue weighted by molar-refractivity contribution is 14.0. The third-order valence-corrected chi connectivity index (χ3v) is 5.96. The van der Waals surface area contributed by atoms with Crippen LogP contribution in [0.5, 0.6) is 0 Å². The van der Waals surface area contributed by atoms with Crippen LogP contribution in [0.3, 0.4) is 0 Å². The summed E-state index contributed by atoms with van der Waals surface area (Å²) in [4.78, 5) is 6.66. The average Bonchev–Trinajstić information content (AvgIpc) is 2.72. The number of nitrogens with zero attached hydrogens (tertiary/aromatic N) is 2. The molecule has 3 unspecified atom stereocenters. The van der Waals surface area contributed by atoms with E-state index < -0.39 is 18.2 Å². The van der Waals surface area contributed by atoms with Gasteiger partial charge in [0.15, 0.2) is 5.96 Å². The summed E-state index contributed by atoms with van der Waals surface area (Å²) in [6, 6.07) is 8.11. The van der Waals surface area contributed by atoms with E-state index in [4.69, 9.17) is 0 Å². The highest BCUT2D eigenvalue weighted by Crippen LogP contribution is 2.37. The second kappa shape index (κ2) is 12.2. The highest BCUT2D eigenvalue weighted by Gasteiger charge is 2.42. The molecule has 0 bridgehead atoms. The lowest BCUT2D eigenvalue weighted by atomic mass is 9.85. The maximum atomic E-state index is 13.1. The van der Waals surface area contributed by atoms with Gasteiger partial charge >= 0.3 is 6.18 Å². The van der Waals surface area contributed by atoms with E-state index in [1.807, 2.05) is 13.0 Å². The number of hydrogen-bond acceptors (Lipinski definition) is 3. The molecule has 176 valence electrons. The molecular formula is C22H34F3IN4O. The zero-order chi connectivity index (χ0) is 21.6. The smallest absolute Gasteiger partial charge is 0.390 e. The van der Waals surface area contributed by atoms with Crippen LogP contribution in [0.2, 0.25) is 0 Å². The van der Waals surface area contributed by atoms with Gasteiger partial charge in [-0.05, 0) is 43.7 Å². The van der Waals surface area contributed by atoms with Crippen LogP contribution in [0, 0.1) is 5.92 Å². The number of hydrogen-bond donors (Lipinski definition) is 3. The van der Waals surface area contributed by atoms with Crippen molar-refractivity contribution < 1.29 is 18.3 Å². The predicted octanol–water partition coefficient (Wildman–Crippen LogP) is 3.70. The van der Waals surface area contributed by atoms with Crippen molar-refractivity contribution in [3.05, 3.63) is 35.4 Å². The van der Waals surface area contributed by atoms with Crippen molar-refractivity contribution in [3.8, 4) is 0 Å². The Morgan fingerprint density at radius 2 is 2.00 bits per heavy atom. The van der Waals surface area contributed by atoms with E-state index in [2.05, 4.69) is 38.7 Å². The molecule has 1 heterocycles. The Morgan fingerprint density at radius 3 is 2.71 bits per heavy atom. The van der Waals surface area contributed by atoms with Crippen molar-refractivity contribution in [2.45, 2.75) is 63.9 Å². The summed E-state index contributed by atoms with van der Waals surface area (Å²) in [5.41, 5.74) is 2.66. The van der Waals surface area contributed by atoms with Gasteiger partial charge in [-0.3, -0.25) is 9.89 Å². The largest absolute Gasteiger partial charge is 0.391 e. The molecule has 1 aliphatic carbocycles. The summed E-state index contributed by atoms with van der Waals surface area (Å²) < 4.78 is 39.2. The molecule has 0 amide bonds. The first-order chi connectivity index (χ1) is 14.3. The van der Waals surface area contributed by atoms with Crippen LogP contribution in [-0.4, -0.2) is 60.5 Å². The van der Waals surface area contributed by atoms with E-state index in [9.17, 15) is 18.3 Å². The van der Waals surface area contributed by atoms with Gasteiger partial charge < -0.3 is 15.7 Å². The standard InChI is InChI=1S/C22H33F3N4O.HI/c1-2-26-21(28-19-9-5-8-18(12-19)22(23,24)25)27-13-20(30)15-29-11-10-16-6-3-4-7-17(16)14-29;/h3-4,6-7,18-20,30H,2,5,8-15H2,1H3,(H2,26,27,28);1H. The first-order valence-electron chi connectivity index (χ1n) is 10.9. The number of β-amino-alcohol motifs (C(OH)–C–C–N with tert-alkyl or cyclic N) is 1. The Bertz CT molecular complexity index is 716. The van der Waals surface area contributed by atoms with E-state index >= 15 is 0 Å². The SMILES string of the molecule is CCNC(=NCC(O)CN1CCc2ccccc2C1)NC1CCCC(C(F)(F)F)C1.I. The second-order valence-electron chi connectivity index (χ2n) is 8.37. The van der Waals surface area contributed by atoms with Gasteiger partial charge in [0, 0.05) is 32.2 Å². The Morgan fingerprint density at radius 1 is 1.26 bits per heavy atom. The van der Waals surface area contributed by atoms with Crippen molar-refractivity contribution in [1.82, 2.24) is 15.5 Å². The lowest BCUT2D eigenvalue weighted by molar-refractivity contribution is -0.183. The average molecular weight is 554 g/mol. The molecule has 0 aromatic heterocycles. The molecule has 1 aliphatic heterocycles. The van der Waals surface area contributed by atoms with E-state index in [-0.39, 0.29) is 49.4 Å². The summed E-state index contributed by atoms with van der Waals surface area (Å²) in [6.45, 7) is 4.98. The molecule has 9 heteroatoms. The van der Waals surface area contributed by atoms with Gasteiger partial charge in [0.25, 0.3) is 0 Å². The first-order valence-corrected chi connectivity index (χ1v) is 10.9. The molecular weight excluding hydrogens is 520 g/mol. The van der Waals surface area contributed by atoms with Crippen LogP contribution in [-0.2, 0) is 13.0 Å². The molecule has 1 aromatic rings. The zero-order valence-electron chi connectivity index (χ0n) is 18.0. The van der Waals surface area contributed by atoms with Crippen molar-refractivity contribution in [2.24, 2.45) is 10.9 Å². The minimum Gasteiger partial charge on any atom is -0.390 e. The van der Waals surface area contributed by atoms with Crippen molar-refractivity contribution in [2.75, 3.05) is 26.2 Å². The number of guanidine groups is 1. The van der Waals surface area contributed by atoms with Crippen LogP contribution in [0.1, 0.15) is 43.7 Å². The molecule has 0 saturated heterocycles. The maximum absolute atomic E-state index is 13.1. The minimum absolute atomic E-state index is 0. The number of fused-ring (bicyclic) bond motifs is 1. The Hall–Kier alpha value is -1.07. The lowest BCUT2D eigenvalue weighted by Crippen LogP contribution is -2.47. The number of aliphatic hydroxyl groups excluding tert-OH is 1. The summed E-state index contributed by atoms with van der Waals surface area (Å²) in [5, 5.41) is 16.7. The zero-order valence-corrected chi connectivity index (χ0v) is 20.3. The fourth-order valence-corrected chi connectivity index (χ4v) is 4.39. The fraction of sp³-hybridized carbons (Fsp3) is 0.682. The number of alkyl halides is 3. The molecule has 5 nitrogen and oxygen atoms in total. The van der Waals surface area contributed by atoms with Gasteiger partial charge in [-0.25, -0.2) is 0 Å². The second-order valence-corrected chi connectivity index (χ2v) is 8.37. The maximum Gasteiger partial charge on any atom is 0.391 e. The number of aliphatic hydroxyl groups is 1. The number of nitrogens with one attached hydrogen (secondary N) is 2. The molecule has 1 fully saturated rings. The molecule has 1 aromatic carbocycles. The topological polar surface area (TPSA) is 59.9 Å². The van der Waals surface area contributed by atoms with Gasteiger partial charge in [-0.2, -0.15) is 13.2 Å². The van der Waals surface area contributed by atoms with E-state index in [0.717, 1.165) is 19.5 Å². The molecule has 31 heavy (non-hydrogen) atoms. The van der Waals surface area contributed by atoms with Crippen molar-refractivity contribution >= 4 is 29.9 Å². The monoisotopic (exact) mass is 554 g/mol. The molecule has 0 spiro atoms. The molecule has 3 rings (SSSR count). The van der Waals surface area contributed by atoms with E-state index in [1.54, 1.807) is 0 Å². The van der Waals surface area contributed by atoms with Crippen LogP contribution in [0.25, 0.3) is 0 Å². The molecule has 3 N–H and O–H groups in total. The van der Waals surface area contributed by atoms with Crippen molar-refractivity contribution in [1.29, 1.82) is 0 Å². The number of aliphatic imine (C=N–C) groups is 1. The lowest BCUT2D eigenvalue weighted by Gasteiger charge is -2.32. The highest BCUT2D eigenvalue weighted by atomic mass is 127. The Balaban J connectivity index is 0.00000341. The van der Waals surface area contributed by atoms with Gasteiger partial charge in [-0.15, -0.1) is 24.0 Å². The minimum atomic E-state index is -4.14. The summed E-state index contributed by atoms with van der Waals surface area (Å²) in [6.07, 6.45) is -2.26. The summed E-state index contributed by atoms with van der Waals surface area (Å²) >= 11 is 0. The van der Waals surface area contributed by atoms with Crippen LogP contribution in [0.4, 0.5) is 13.2 Å². The molecule has 1 saturated carbocycles. The normalized spacial score (nSPS) is 23.5. The quantitative estimate of drug-likeness (QED) is 0.285. The fourth-order valence-electron chi connectivity index (χ4n) is 4.39. The number of rotatable bonds is 6. The van der Waals surface area contributed by atoms with Crippen LogP contribution in [0.15, 0.2) is 29.3 Å². The number of halogens is 4. The summed E-state index contributed by atoms with van der Waals surface area (Å²) in [5.74, 6) is -0.771. The van der Waals surface area contributed by atoms with Gasteiger partial charge in [-0.1, -0.05) is 30.7 Å². The van der Waals surface area contributed by atoms with E-state index in [0.29, 0.717) is 31.9 Å². The number of benzene rings is 1. The van der Waals surface area contributed by atoms with Gasteiger partial charge in [0.2, 0.25) is 0 Å². The van der Waals surface area contributed by atoms with Gasteiger partial charge in [0.05, 0.1) is 18.6 Å². The Kier molecular flexibility index (Phi) is 10.3. The Labute approximate surface area is 199 Å². The van der Waals surface area contributed by atoms with Gasteiger partial charge in [0.1, 0.15) is 0 Å². The van der Waals surface area contributed by atoms with Crippen LogP contribution >= 0.6 is 24.0 Å². The third kappa shape index (κ3) is 8.09.